The van der Waals surface area contributed by atoms with Crippen LogP contribution in [-0.4, -0.2) is 52.2 Å². The van der Waals surface area contributed by atoms with Crippen LogP contribution in [0.2, 0.25) is 0 Å². The Labute approximate surface area is 231 Å². The number of rotatable bonds is 9. The number of anilines is 1. The Morgan fingerprint density at radius 2 is 1.69 bits per heavy atom. The first-order valence-corrected chi connectivity index (χ1v) is 13.8. The molecule has 0 spiro atoms. The molecule has 2 amide bonds. The summed E-state index contributed by atoms with van der Waals surface area (Å²) in [6, 6.07) is 18.5. The lowest BCUT2D eigenvalue weighted by molar-refractivity contribution is -0.132. The number of nitrogens with zero attached hydrogens (tertiary/aromatic N) is 3. The van der Waals surface area contributed by atoms with E-state index in [0.29, 0.717) is 35.8 Å². The Kier molecular flexibility index (Phi) is 8.17. The molecule has 5 rings (SSSR count). The maximum Gasteiger partial charge on any atom is 0.275 e. The molecular formula is C30H30N4O4S. The van der Waals surface area contributed by atoms with Crippen LogP contribution in [0.25, 0.3) is 5.69 Å². The average Bonchev–Trinajstić information content (AvgIpc) is 3.69. The van der Waals surface area contributed by atoms with Gasteiger partial charge in [0.1, 0.15) is 11.4 Å². The standard InChI is InChI=1S/C30H30N4O4S/c1-38-23-10-8-21(9-11-23)27(35)12-13-28(36)34-18-14-22(15-19-34)30-32-25(20-39-30)29(37)31-24-6-2-3-7-26(24)33-16-4-5-17-33/h2-11,16-17,20,22H,12-15,18-19H2,1H3,(H,31,37). The van der Waals surface area contributed by atoms with Crippen molar-refractivity contribution in [3.63, 3.8) is 0 Å². The third-order valence-electron chi connectivity index (χ3n) is 6.96. The van der Waals surface area contributed by atoms with Crippen molar-refractivity contribution in [3.8, 4) is 11.4 Å². The van der Waals surface area contributed by atoms with Crippen LogP contribution in [0.1, 0.15) is 57.5 Å². The number of aromatic nitrogens is 2. The molecule has 2 aromatic carbocycles. The van der Waals surface area contributed by atoms with Crippen molar-refractivity contribution in [2.75, 3.05) is 25.5 Å². The molecule has 0 aliphatic carbocycles. The second kappa shape index (κ2) is 12.1. The van der Waals surface area contributed by atoms with Gasteiger partial charge in [-0.25, -0.2) is 4.98 Å². The van der Waals surface area contributed by atoms with Gasteiger partial charge in [0.15, 0.2) is 5.78 Å². The fourth-order valence-corrected chi connectivity index (χ4v) is 5.71. The number of hydrogen-bond donors (Lipinski definition) is 1. The summed E-state index contributed by atoms with van der Waals surface area (Å²) in [6.07, 6.45) is 5.81. The van der Waals surface area contributed by atoms with Crippen LogP contribution < -0.4 is 10.1 Å². The highest BCUT2D eigenvalue weighted by molar-refractivity contribution is 7.10. The Morgan fingerprint density at radius 1 is 0.974 bits per heavy atom. The van der Waals surface area contributed by atoms with Crippen LogP contribution in [0.5, 0.6) is 5.75 Å². The molecule has 200 valence electrons. The molecule has 1 saturated heterocycles. The molecular weight excluding hydrogens is 512 g/mol. The van der Waals surface area contributed by atoms with Gasteiger partial charge in [-0.2, -0.15) is 0 Å². The molecule has 0 saturated carbocycles. The maximum absolute atomic E-state index is 13.0. The van der Waals surface area contributed by atoms with Gasteiger partial charge in [0, 0.05) is 55.2 Å². The van der Waals surface area contributed by atoms with Crippen LogP contribution in [0.4, 0.5) is 5.69 Å². The van der Waals surface area contributed by atoms with E-state index in [-0.39, 0.29) is 36.4 Å². The number of likely N-dealkylation sites (tertiary alicyclic amines) is 1. The van der Waals surface area contributed by atoms with E-state index in [9.17, 15) is 14.4 Å². The number of thiazole rings is 1. The minimum absolute atomic E-state index is 0.00382. The number of carbonyl (C=O) groups excluding carboxylic acids is 3. The Balaban J connectivity index is 1.12. The highest BCUT2D eigenvalue weighted by Gasteiger charge is 2.27. The van der Waals surface area contributed by atoms with Crippen LogP contribution in [0.3, 0.4) is 0 Å². The molecule has 1 N–H and O–H groups in total. The fourth-order valence-electron chi connectivity index (χ4n) is 4.74. The third kappa shape index (κ3) is 6.26. The number of amides is 2. The summed E-state index contributed by atoms with van der Waals surface area (Å²) in [5.41, 5.74) is 2.58. The first-order chi connectivity index (χ1) is 19.0. The zero-order valence-electron chi connectivity index (χ0n) is 21.7. The number of Topliss-reactive ketones (excluding diaryl/α,β-unsaturated/α-hetero) is 1. The van der Waals surface area contributed by atoms with Gasteiger partial charge < -0.3 is 19.5 Å². The number of hydrogen-bond acceptors (Lipinski definition) is 6. The summed E-state index contributed by atoms with van der Waals surface area (Å²) in [5, 5.41) is 5.71. The minimum atomic E-state index is -0.244. The Hall–Kier alpha value is -4.24. The van der Waals surface area contributed by atoms with E-state index in [2.05, 4.69) is 10.3 Å². The van der Waals surface area contributed by atoms with E-state index in [4.69, 9.17) is 4.74 Å². The number of carbonyl (C=O) groups is 3. The second-order valence-electron chi connectivity index (χ2n) is 9.44. The normalized spacial score (nSPS) is 13.7. The number of ketones is 1. The largest absolute Gasteiger partial charge is 0.497 e. The van der Waals surface area contributed by atoms with Gasteiger partial charge in [0.2, 0.25) is 5.91 Å². The van der Waals surface area contributed by atoms with Gasteiger partial charge in [-0.1, -0.05) is 12.1 Å². The van der Waals surface area contributed by atoms with Crippen molar-refractivity contribution >= 4 is 34.6 Å². The molecule has 1 fully saturated rings. The predicted molar refractivity (Wildman–Crippen MR) is 151 cm³/mol. The van der Waals surface area contributed by atoms with E-state index in [1.807, 2.05) is 58.3 Å². The van der Waals surface area contributed by atoms with Gasteiger partial charge in [0.25, 0.3) is 5.91 Å². The highest BCUT2D eigenvalue weighted by atomic mass is 32.1. The summed E-state index contributed by atoms with van der Waals surface area (Å²) in [7, 11) is 1.58. The van der Waals surface area contributed by atoms with Crippen molar-refractivity contribution in [2.45, 2.75) is 31.6 Å². The number of benzene rings is 2. The lowest BCUT2D eigenvalue weighted by Crippen LogP contribution is -2.38. The van der Waals surface area contributed by atoms with Crippen molar-refractivity contribution in [3.05, 3.63) is 94.7 Å². The third-order valence-corrected chi connectivity index (χ3v) is 7.97. The molecule has 9 heteroatoms. The van der Waals surface area contributed by atoms with Crippen molar-refractivity contribution in [1.82, 2.24) is 14.5 Å². The van der Waals surface area contributed by atoms with E-state index in [0.717, 1.165) is 23.5 Å². The van der Waals surface area contributed by atoms with Gasteiger partial charge >= 0.3 is 0 Å². The van der Waals surface area contributed by atoms with E-state index in [1.54, 1.807) is 36.8 Å². The van der Waals surface area contributed by atoms with E-state index < -0.39 is 0 Å². The Morgan fingerprint density at radius 3 is 2.41 bits per heavy atom. The van der Waals surface area contributed by atoms with Crippen LogP contribution in [0, 0.1) is 0 Å². The fraction of sp³-hybridized carbons (Fsp3) is 0.267. The van der Waals surface area contributed by atoms with Crippen LogP contribution in [-0.2, 0) is 4.79 Å². The number of ether oxygens (including phenoxy) is 1. The smallest absolute Gasteiger partial charge is 0.275 e. The predicted octanol–water partition coefficient (Wildman–Crippen LogP) is 5.56. The summed E-state index contributed by atoms with van der Waals surface area (Å²) in [5.74, 6) is 0.595. The molecule has 0 radical (unpaired) electrons. The zero-order valence-corrected chi connectivity index (χ0v) is 22.5. The molecule has 0 bridgehead atoms. The molecule has 1 aliphatic rings. The molecule has 8 nitrogen and oxygen atoms in total. The summed E-state index contributed by atoms with van der Waals surface area (Å²) in [6.45, 7) is 1.23. The molecule has 0 unspecified atom stereocenters. The summed E-state index contributed by atoms with van der Waals surface area (Å²) < 4.78 is 7.08. The van der Waals surface area contributed by atoms with E-state index in [1.165, 1.54) is 11.3 Å². The van der Waals surface area contributed by atoms with Gasteiger partial charge in [-0.15, -0.1) is 11.3 Å². The molecule has 39 heavy (non-hydrogen) atoms. The van der Waals surface area contributed by atoms with Crippen molar-refractivity contribution in [2.24, 2.45) is 0 Å². The monoisotopic (exact) mass is 542 g/mol. The molecule has 4 aromatic rings. The highest BCUT2D eigenvalue weighted by Crippen LogP contribution is 2.31. The quantitative estimate of drug-likeness (QED) is 0.279. The first-order valence-electron chi connectivity index (χ1n) is 13.0. The number of para-hydroxylation sites is 2. The van der Waals surface area contributed by atoms with Crippen LogP contribution >= 0.6 is 11.3 Å². The summed E-state index contributed by atoms with van der Waals surface area (Å²) in [4.78, 5) is 44.7. The second-order valence-corrected chi connectivity index (χ2v) is 10.3. The number of piperidine rings is 1. The molecule has 2 aromatic heterocycles. The minimum Gasteiger partial charge on any atom is -0.497 e. The maximum atomic E-state index is 13.0. The van der Waals surface area contributed by atoms with Gasteiger partial charge in [0.05, 0.1) is 23.5 Å². The first kappa shape index (κ1) is 26.4. The lowest BCUT2D eigenvalue weighted by atomic mass is 9.97. The van der Waals surface area contributed by atoms with Crippen LogP contribution in [0.15, 0.2) is 78.4 Å². The SMILES string of the molecule is COc1ccc(C(=O)CCC(=O)N2CCC(c3nc(C(=O)Nc4ccccc4-n4cccc4)cs3)CC2)cc1. The topological polar surface area (TPSA) is 93.5 Å². The molecule has 0 atom stereocenters. The average molecular weight is 543 g/mol. The van der Waals surface area contributed by atoms with Gasteiger partial charge in [-0.05, 0) is 61.4 Å². The lowest BCUT2D eigenvalue weighted by Gasteiger charge is -2.31. The Bertz CT molecular complexity index is 1440. The summed E-state index contributed by atoms with van der Waals surface area (Å²) >= 11 is 1.49. The van der Waals surface area contributed by atoms with Crippen molar-refractivity contribution < 1.29 is 19.1 Å². The number of methoxy groups -OCH3 is 1. The molecule has 3 heterocycles. The van der Waals surface area contributed by atoms with Crippen molar-refractivity contribution in [1.29, 1.82) is 0 Å². The zero-order chi connectivity index (χ0) is 27.2. The molecule has 1 aliphatic heterocycles. The van der Waals surface area contributed by atoms with Gasteiger partial charge in [-0.3, -0.25) is 14.4 Å². The number of nitrogens with one attached hydrogen (secondary N) is 1. The van der Waals surface area contributed by atoms with E-state index >= 15 is 0 Å².